The van der Waals surface area contributed by atoms with Crippen LogP contribution in [0, 0.1) is 10.1 Å². The summed E-state index contributed by atoms with van der Waals surface area (Å²) in [6.07, 6.45) is 3.09. The standard InChI is InChI=1S/C20H21N3O5/c24-19(14-28-16-8-6-7-15(13-16)23(26)27)21-18-10-3-2-9-17(18)20(25)22-11-4-1-5-12-22/h2-3,6-10,13H,1,4-5,11-12,14H2,(H,21,24). The van der Waals surface area contributed by atoms with Gasteiger partial charge in [-0.1, -0.05) is 18.2 Å². The Morgan fingerprint density at radius 3 is 2.57 bits per heavy atom. The van der Waals surface area contributed by atoms with Gasteiger partial charge in [0.05, 0.1) is 22.2 Å². The third-order valence-corrected chi connectivity index (χ3v) is 4.47. The van der Waals surface area contributed by atoms with Crippen molar-refractivity contribution in [3.63, 3.8) is 0 Å². The number of non-ortho nitro benzene ring substituents is 1. The minimum atomic E-state index is -0.532. The molecule has 1 aliphatic heterocycles. The van der Waals surface area contributed by atoms with Gasteiger partial charge in [-0.15, -0.1) is 0 Å². The molecule has 2 aromatic rings. The summed E-state index contributed by atoms with van der Waals surface area (Å²) >= 11 is 0. The van der Waals surface area contributed by atoms with Crippen LogP contribution in [0.15, 0.2) is 48.5 Å². The molecule has 146 valence electrons. The molecule has 0 spiro atoms. The van der Waals surface area contributed by atoms with Crippen LogP contribution in [0.1, 0.15) is 29.6 Å². The van der Waals surface area contributed by atoms with Crippen LogP contribution < -0.4 is 10.1 Å². The number of rotatable bonds is 6. The smallest absolute Gasteiger partial charge is 0.273 e. The monoisotopic (exact) mass is 383 g/mol. The first-order valence-corrected chi connectivity index (χ1v) is 9.10. The van der Waals surface area contributed by atoms with Crippen molar-refractivity contribution in [2.24, 2.45) is 0 Å². The first-order valence-electron chi connectivity index (χ1n) is 9.10. The lowest BCUT2D eigenvalue weighted by Crippen LogP contribution is -2.36. The van der Waals surface area contributed by atoms with Crippen LogP contribution in [-0.2, 0) is 4.79 Å². The summed E-state index contributed by atoms with van der Waals surface area (Å²) in [5.41, 5.74) is 0.745. The Morgan fingerprint density at radius 2 is 1.82 bits per heavy atom. The molecule has 1 saturated heterocycles. The molecule has 3 rings (SSSR count). The second kappa shape index (κ2) is 8.98. The third kappa shape index (κ3) is 4.85. The molecule has 0 saturated carbocycles. The molecule has 2 aromatic carbocycles. The molecule has 0 bridgehead atoms. The van der Waals surface area contributed by atoms with Gasteiger partial charge in [-0.2, -0.15) is 0 Å². The summed E-state index contributed by atoms with van der Waals surface area (Å²) in [6.45, 7) is 1.11. The Bertz CT molecular complexity index is 878. The van der Waals surface area contributed by atoms with Crippen LogP contribution in [0.25, 0.3) is 0 Å². The summed E-state index contributed by atoms with van der Waals surface area (Å²) in [4.78, 5) is 37.1. The molecule has 0 unspecified atom stereocenters. The number of nitro benzene ring substituents is 1. The zero-order valence-corrected chi connectivity index (χ0v) is 15.3. The van der Waals surface area contributed by atoms with E-state index in [0.717, 1.165) is 32.4 Å². The Morgan fingerprint density at radius 1 is 1.07 bits per heavy atom. The normalized spacial score (nSPS) is 13.6. The van der Waals surface area contributed by atoms with Gasteiger partial charge >= 0.3 is 0 Å². The highest BCUT2D eigenvalue weighted by Gasteiger charge is 2.21. The topological polar surface area (TPSA) is 102 Å². The van der Waals surface area contributed by atoms with Gasteiger partial charge in [0, 0.05) is 19.2 Å². The van der Waals surface area contributed by atoms with Crippen molar-refractivity contribution in [3.05, 3.63) is 64.2 Å². The molecule has 2 amide bonds. The second-order valence-corrected chi connectivity index (χ2v) is 6.49. The summed E-state index contributed by atoms with van der Waals surface area (Å²) in [7, 11) is 0. The number of nitrogens with one attached hydrogen (secondary N) is 1. The number of carbonyl (C=O) groups excluding carboxylic acids is 2. The maximum absolute atomic E-state index is 12.8. The van der Waals surface area contributed by atoms with Crippen LogP contribution in [-0.4, -0.2) is 41.3 Å². The van der Waals surface area contributed by atoms with Gasteiger partial charge in [-0.3, -0.25) is 19.7 Å². The lowest BCUT2D eigenvalue weighted by molar-refractivity contribution is -0.384. The number of piperidine rings is 1. The van der Waals surface area contributed by atoms with Crippen molar-refractivity contribution in [3.8, 4) is 5.75 Å². The van der Waals surface area contributed by atoms with Gasteiger partial charge in [0.2, 0.25) is 0 Å². The zero-order valence-electron chi connectivity index (χ0n) is 15.3. The van der Waals surface area contributed by atoms with Gasteiger partial charge < -0.3 is 15.0 Å². The number of hydrogen-bond acceptors (Lipinski definition) is 5. The fraction of sp³-hybridized carbons (Fsp3) is 0.300. The van der Waals surface area contributed by atoms with Crippen LogP contribution in [0.5, 0.6) is 5.75 Å². The maximum atomic E-state index is 12.8. The minimum absolute atomic E-state index is 0.102. The van der Waals surface area contributed by atoms with E-state index in [0.29, 0.717) is 11.3 Å². The molecular formula is C20H21N3O5. The molecule has 0 aromatic heterocycles. The van der Waals surface area contributed by atoms with Gasteiger partial charge in [-0.05, 0) is 37.5 Å². The Labute approximate surface area is 162 Å². The van der Waals surface area contributed by atoms with E-state index in [1.807, 2.05) is 0 Å². The average Bonchev–Trinajstić information content (AvgIpc) is 2.73. The predicted octanol–water partition coefficient (Wildman–Crippen LogP) is 3.24. The number of amides is 2. The molecule has 1 heterocycles. The van der Waals surface area contributed by atoms with Crippen molar-refractivity contribution < 1.29 is 19.2 Å². The number of para-hydroxylation sites is 1. The number of benzene rings is 2. The number of likely N-dealkylation sites (tertiary alicyclic amines) is 1. The molecule has 0 atom stereocenters. The van der Waals surface area contributed by atoms with E-state index in [9.17, 15) is 19.7 Å². The lowest BCUT2D eigenvalue weighted by atomic mass is 10.1. The molecule has 1 aliphatic rings. The molecule has 8 heteroatoms. The quantitative estimate of drug-likeness (QED) is 0.609. The van der Waals surface area contributed by atoms with E-state index < -0.39 is 10.8 Å². The molecular weight excluding hydrogens is 362 g/mol. The number of nitro groups is 1. The SMILES string of the molecule is O=C(COc1cccc([N+](=O)[O-])c1)Nc1ccccc1C(=O)N1CCCCC1. The van der Waals surface area contributed by atoms with Crippen LogP contribution in [0.4, 0.5) is 11.4 Å². The zero-order chi connectivity index (χ0) is 19.9. The van der Waals surface area contributed by atoms with Gasteiger partial charge in [0.15, 0.2) is 6.61 Å². The second-order valence-electron chi connectivity index (χ2n) is 6.49. The summed E-state index contributed by atoms with van der Waals surface area (Å²) < 4.78 is 5.34. The number of nitrogens with zero attached hydrogens (tertiary/aromatic N) is 2. The van der Waals surface area contributed by atoms with E-state index in [4.69, 9.17) is 4.74 Å². The highest BCUT2D eigenvalue weighted by molar-refractivity contribution is 6.04. The van der Waals surface area contributed by atoms with Gasteiger partial charge in [-0.25, -0.2) is 0 Å². The molecule has 8 nitrogen and oxygen atoms in total. The van der Waals surface area contributed by atoms with E-state index in [2.05, 4.69) is 5.32 Å². The van der Waals surface area contributed by atoms with E-state index in [-0.39, 0.29) is 24.0 Å². The highest BCUT2D eigenvalue weighted by atomic mass is 16.6. The maximum Gasteiger partial charge on any atom is 0.273 e. The van der Waals surface area contributed by atoms with Crippen molar-refractivity contribution in [2.75, 3.05) is 25.0 Å². The van der Waals surface area contributed by atoms with Crippen LogP contribution in [0.2, 0.25) is 0 Å². The number of ether oxygens (including phenoxy) is 1. The minimum Gasteiger partial charge on any atom is -0.484 e. The molecule has 0 aliphatic carbocycles. The van der Waals surface area contributed by atoms with Crippen molar-refractivity contribution in [1.29, 1.82) is 0 Å². The summed E-state index contributed by atoms with van der Waals surface area (Å²) in [5.74, 6) is -0.331. The fourth-order valence-corrected chi connectivity index (χ4v) is 3.07. The van der Waals surface area contributed by atoms with E-state index >= 15 is 0 Å². The van der Waals surface area contributed by atoms with Crippen molar-refractivity contribution >= 4 is 23.2 Å². The third-order valence-electron chi connectivity index (χ3n) is 4.47. The molecule has 28 heavy (non-hydrogen) atoms. The number of hydrogen-bond donors (Lipinski definition) is 1. The number of anilines is 1. The Kier molecular flexibility index (Phi) is 6.21. The predicted molar refractivity (Wildman–Crippen MR) is 103 cm³/mol. The molecule has 1 N–H and O–H groups in total. The van der Waals surface area contributed by atoms with Crippen molar-refractivity contribution in [1.82, 2.24) is 4.90 Å². The van der Waals surface area contributed by atoms with E-state index in [1.54, 1.807) is 29.2 Å². The largest absolute Gasteiger partial charge is 0.484 e. The fourth-order valence-electron chi connectivity index (χ4n) is 3.07. The van der Waals surface area contributed by atoms with Gasteiger partial charge in [0.25, 0.3) is 17.5 Å². The number of carbonyl (C=O) groups is 2. The van der Waals surface area contributed by atoms with E-state index in [1.165, 1.54) is 24.3 Å². The lowest BCUT2D eigenvalue weighted by Gasteiger charge is -2.27. The van der Waals surface area contributed by atoms with Crippen molar-refractivity contribution in [2.45, 2.75) is 19.3 Å². The van der Waals surface area contributed by atoms with Crippen LogP contribution >= 0.6 is 0 Å². The first kappa shape index (κ1) is 19.3. The molecule has 0 radical (unpaired) electrons. The van der Waals surface area contributed by atoms with Gasteiger partial charge in [0.1, 0.15) is 5.75 Å². The highest BCUT2D eigenvalue weighted by Crippen LogP contribution is 2.21. The molecule has 1 fully saturated rings. The summed E-state index contributed by atoms with van der Waals surface area (Å²) in [5, 5.41) is 13.5. The summed E-state index contributed by atoms with van der Waals surface area (Å²) in [6, 6.07) is 12.5. The first-order chi connectivity index (χ1) is 13.5. The van der Waals surface area contributed by atoms with Crippen LogP contribution in [0.3, 0.4) is 0 Å². The Balaban J connectivity index is 1.63. The Hall–Kier alpha value is -3.42. The average molecular weight is 383 g/mol.